The third-order valence-corrected chi connectivity index (χ3v) is 4.89. The lowest BCUT2D eigenvalue weighted by Gasteiger charge is -2.21. The number of hydrogen-bond acceptors (Lipinski definition) is 5. The summed E-state index contributed by atoms with van der Waals surface area (Å²) < 4.78 is 28.3. The van der Waals surface area contributed by atoms with Gasteiger partial charge in [0.15, 0.2) is 0 Å². The summed E-state index contributed by atoms with van der Waals surface area (Å²) in [6, 6.07) is 2.84. The van der Waals surface area contributed by atoms with Gasteiger partial charge in [-0.25, -0.2) is 13.6 Å². The number of aliphatic hydroxyl groups is 1. The van der Waals surface area contributed by atoms with Crippen LogP contribution in [0.25, 0.3) is 0 Å². The lowest BCUT2D eigenvalue weighted by Crippen LogP contribution is -2.43. The van der Waals surface area contributed by atoms with E-state index < -0.39 is 21.5 Å². The van der Waals surface area contributed by atoms with E-state index in [2.05, 4.69) is 5.32 Å². The number of primary sulfonamides is 1. The Balaban J connectivity index is 2.21. The van der Waals surface area contributed by atoms with Crippen LogP contribution in [0.2, 0.25) is 0 Å². The zero-order chi connectivity index (χ0) is 16.5. The molecule has 1 unspecified atom stereocenters. The minimum absolute atomic E-state index is 0.0451. The first kappa shape index (κ1) is 16.9. The van der Waals surface area contributed by atoms with Crippen LogP contribution in [0.5, 0.6) is 0 Å². The fourth-order valence-corrected chi connectivity index (χ4v) is 3.22. The molecule has 1 aliphatic rings. The van der Waals surface area contributed by atoms with Crippen molar-refractivity contribution in [3.05, 3.63) is 28.8 Å². The van der Waals surface area contributed by atoms with Gasteiger partial charge in [-0.15, -0.1) is 0 Å². The van der Waals surface area contributed by atoms with Gasteiger partial charge in [0.1, 0.15) is 5.60 Å². The van der Waals surface area contributed by atoms with E-state index in [1.807, 2.05) is 0 Å². The number of carbonyl (C=O) groups is 1. The zero-order valence-corrected chi connectivity index (χ0v) is 13.4. The standard InChI is InChI=1S/C14H20N2O5S/c1-9-5-11(6-12(10(9)2)22(15,19)20)13(17)16-7-14(18)3-4-21-8-14/h5-6,18H,3-4,7-8H2,1-2H3,(H,16,17)(H2,15,19,20). The molecule has 1 fully saturated rings. The predicted octanol–water partition coefficient (Wildman–Crippen LogP) is -0.168. The molecule has 7 nitrogen and oxygen atoms in total. The lowest BCUT2D eigenvalue weighted by atomic mass is 10.0. The Bertz CT molecular complexity index is 693. The fraction of sp³-hybridized carbons (Fsp3) is 0.500. The number of carbonyl (C=O) groups excluding carboxylic acids is 1. The number of nitrogens with two attached hydrogens (primary N) is 1. The number of aryl methyl sites for hydroxylation is 1. The van der Waals surface area contributed by atoms with Crippen LogP contribution in [0, 0.1) is 13.8 Å². The lowest BCUT2D eigenvalue weighted by molar-refractivity contribution is 0.0264. The fourth-order valence-electron chi connectivity index (χ4n) is 2.34. The molecule has 1 atom stereocenters. The molecule has 122 valence electrons. The number of rotatable bonds is 4. The molecule has 0 saturated carbocycles. The molecular formula is C14H20N2O5S. The predicted molar refractivity (Wildman–Crippen MR) is 80.0 cm³/mol. The molecule has 0 bridgehead atoms. The number of sulfonamides is 1. The first-order chi connectivity index (χ1) is 10.1. The van der Waals surface area contributed by atoms with Gasteiger partial charge in [0.05, 0.1) is 11.5 Å². The maximum absolute atomic E-state index is 12.2. The SMILES string of the molecule is Cc1cc(C(=O)NCC2(O)CCOC2)cc(S(N)(=O)=O)c1C. The first-order valence-corrected chi connectivity index (χ1v) is 8.39. The Morgan fingerprint density at radius 2 is 2.14 bits per heavy atom. The molecule has 0 aromatic heterocycles. The van der Waals surface area contributed by atoms with Crippen molar-refractivity contribution in [2.75, 3.05) is 19.8 Å². The highest BCUT2D eigenvalue weighted by Gasteiger charge is 2.32. The third-order valence-electron chi connectivity index (χ3n) is 3.85. The van der Waals surface area contributed by atoms with Gasteiger partial charge >= 0.3 is 0 Å². The molecule has 1 heterocycles. The van der Waals surface area contributed by atoms with Gasteiger partial charge in [-0.1, -0.05) is 0 Å². The van der Waals surface area contributed by atoms with E-state index in [4.69, 9.17) is 9.88 Å². The zero-order valence-electron chi connectivity index (χ0n) is 12.5. The van der Waals surface area contributed by atoms with Crippen molar-refractivity contribution in [2.45, 2.75) is 30.8 Å². The van der Waals surface area contributed by atoms with Gasteiger partial charge in [-0.3, -0.25) is 4.79 Å². The molecule has 1 aromatic carbocycles. The molecule has 1 aliphatic heterocycles. The molecule has 1 saturated heterocycles. The van der Waals surface area contributed by atoms with Crippen LogP contribution in [-0.2, 0) is 14.8 Å². The monoisotopic (exact) mass is 328 g/mol. The van der Waals surface area contributed by atoms with E-state index in [9.17, 15) is 18.3 Å². The van der Waals surface area contributed by atoms with Gasteiger partial charge in [0.25, 0.3) is 5.91 Å². The first-order valence-electron chi connectivity index (χ1n) is 6.85. The number of benzene rings is 1. The average molecular weight is 328 g/mol. The summed E-state index contributed by atoms with van der Waals surface area (Å²) >= 11 is 0. The van der Waals surface area contributed by atoms with Crippen LogP contribution in [-0.4, -0.2) is 44.8 Å². The van der Waals surface area contributed by atoms with Gasteiger partial charge in [0.2, 0.25) is 10.0 Å². The summed E-state index contributed by atoms with van der Waals surface area (Å²) in [6.45, 7) is 4.01. The van der Waals surface area contributed by atoms with E-state index in [1.54, 1.807) is 19.9 Å². The van der Waals surface area contributed by atoms with Crippen LogP contribution >= 0.6 is 0 Å². The van der Waals surface area contributed by atoms with Crippen molar-refractivity contribution in [1.29, 1.82) is 0 Å². The highest BCUT2D eigenvalue weighted by atomic mass is 32.2. The van der Waals surface area contributed by atoms with E-state index in [0.29, 0.717) is 24.2 Å². The highest BCUT2D eigenvalue weighted by Crippen LogP contribution is 2.21. The van der Waals surface area contributed by atoms with Gasteiger partial charge in [-0.2, -0.15) is 0 Å². The summed E-state index contributed by atoms with van der Waals surface area (Å²) in [6.07, 6.45) is 0.447. The van der Waals surface area contributed by atoms with Gasteiger partial charge in [0, 0.05) is 25.1 Å². The van der Waals surface area contributed by atoms with E-state index in [1.165, 1.54) is 6.07 Å². The van der Waals surface area contributed by atoms with Crippen LogP contribution in [0.1, 0.15) is 27.9 Å². The van der Waals surface area contributed by atoms with Gasteiger partial charge < -0.3 is 15.2 Å². The number of amides is 1. The Kier molecular flexibility index (Phi) is 4.57. The van der Waals surface area contributed by atoms with Crippen LogP contribution in [0.4, 0.5) is 0 Å². The highest BCUT2D eigenvalue weighted by molar-refractivity contribution is 7.89. The molecule has 0 aliphatic carbocycles. The second kappa shape index (κ2) is 5.96. The van der Waals surface area contributed by atoms with Crippen molar-refractivity contribution in [3.63, 3.8) is 0 Å². The normalized spacial score (nSPS) is 21.8. The van der Waals surface area contributed by atoms with Gasteiger partial charge in [-0.05, 0) is 37.1 Å². The minimum atomic E-state index is -3.90. The molecular weight excluding hydrogens is 308 g/mol. The Morgan fingerprint density at radius 3 is 2.68 bits per heavy atom. The summed E-state index contributed by atoms with van der Waals surface area (Å²) in [5.41, 5.74) is 0.286. The number of ether oxygens (including phenoxy) is 1. The maximum Gasteiger partial charge on any atom is 0.251 e. The number of nitrogens with one attached hydrogen (secondary N) is 1. The van der Waals surface area contributed by atoms with Crippen molar-refractivity contribution in [1.82, 2.24) is 5.32 Å². The Morgan fingerprint density at radius 1 is 1.45 bits per heavy atom. The second-order valence-corrected chi connectivity index (χ2v) is 7.20. The van der Waals surface area contributed by atoms with Crippen molar-refractivity contribution in [2.24, 2.45) is 5.14 Å². The van der Waals surface area contributed by atoms with Crippen LogP contribution in [0.3, 0.4) is 0 Å². The van der Waals surface area contributed by atoms with E-state index in [0.717, 1.165) is 0 Å². The average Bonchev–Trinajstić information content (AvgIpc) is 2.85. The summed E-state index contributed by atoms with van der Waals surface area (Å²) in [5.74, 6) is -0.465. The van der Waals surface area contributed by atoms with Crippen molar-refractivity contribution in [3.8, 4) is 0 Å². The quantitative estimate of drug-likeness (QED) is 0.709. The molecule has 0 radical (unpaired) electrons. The van der Waals surface area contributed by atoms with E-state index >= 15 is 0 Å². The Hall–Kier alpha value is -1.48. The molecule has 8 heteroatoms. The molecule has 0 spiro atoms. The molecule has 4 N–H and O–H groups in total. The smallest absolute Gasteiger partial charge is 0.251 e. The van der Waals surface area contributed by atoms with Crippen LogP contribution in [0.15, 0.2) is 17.0 Å². The largest absolute Gasteiger partial charge is 0.386 e. The second-order valence-electron chi connectivity index (χ2n) is 5.67. The molecule has 1 amide bonds. The third kappa shape index (κ3) is 3.64. The molecule has 1 aromatic rings. The molecule has 22 heavy (non-hydrogen) atoms. The van der Waals surface area contributed by atoms with Crippen molar-refractivity contribution < 1.29 is 23.1 Å². The minimum Gasteiger partial charge on any atom is -0.386 e. The Labute approximate surface area is 129 Å². The number of hydrogen-bond donors (Lipinski definition) is 3. The molecule has 2 rings (SSSR count). The maximum atomic E-state index is 12.2. The van der Waals surface area contributed by atoms with E-state index in [-0.39, 0.29) is 23.6 Å². The topological polar surface area (TPSA) is 119 Å². The summed E-state index contributed by atoms with van der Waals surface area (Å²) in [7, 11) is -3.90. The van der Waals surface area contributed by atoms with Crippen LogP contribution < -0.4 is 10.5 Å². The summed E-state index contributed by atoms with van der Waals surface area (Å²) in [4.78, 5) is 12.1. The summed E-state index contributed by atoms with van der Waals surface area (Å²) in [5, 5.41) is 17.9. The van der Waals surface area contributed by atoms with Crippen molar-refractivity contribution >= 4 is 15.9 Å².